The fraction of sp³-hybridized carbons (Fsp3) is 0.150. The summed E-state index contributed by atoms with van der Waals surface area (Å²) in [6, 6.07) is 11.5. The number of esters is 1. The zero-order chi connectivity index (χ0) is 22.8. The van der Waals surface area contributed by atoms with Crippen LogP contribution in [0.4, 0.5) is 0 Å². The van der Waals surface area contributed by atoms with Crippen molar-refractivity contribution in [1.82, 2.24) is 9.78 Å². The van der Waals surface area contributed by atoms with Crippen molar-refractivity contribution in [2.75, 3.05) is 6.61 Å². The number of hydrogen-bond donors (Lipinski definition) is 0. The minimum absolute atomic E-state index is 0.00365. The Balaban J connectivity index is 2.17. The number of nitrogens with zero attached hydrogens (tertiary/aromatic N) is 2. The van der Waals surface area contributed by atoms with Crippen LogP contribution in [0.2, 0.25) is 10.0 Å². The Morgan fingerprint density at radius 3 is 2.52 bits per heavy atom. The lowest BCUT2D eigenvalue weighted by atomic mass is 10.2. The summed E-state index contributed by atoms with van der Waals surface area (Å²) >= 11 is 11.8. The van der Waals surface area contributed by atoms with Crippen LogP contribution in [0.3, 0.4) is 0 Å². The van der Waals surface area contributed by atoms with E-state index in [1.54, 1.807) is 38.1 Å². The van der Waals surface area contributed by atoms with Gasteiger partial charge in [-0.1, -0.05) is 41.4 Å². The van der Waals surface area contributed by atoms with E-state index in [1.165, 1.54) is 12.1 Å². The number of para-hydroxylation sites is 1. The molecule has 0 saturated carbocycles. The summed E-state index contributed by atoms with van der Waals surface area (Å²) in [5.74, 6) is -1.56. The highest BCUT2D eigenvalue weighted by Crippen LogP contribution is 2.28. The third kappa shape index (κ3) is 4.90. The Kier molecular flexibility index (Phi) is 6.68. The van der Waals surface area contributed by atoms with Gasteiger partial charge >= 0.3 is 16.1 Å². The molecule has 0 unspecified atom stereocenters. The highest BCUT2D eigenvalue weighted by atomic mass is 35.5. The summed E-state index contributed by atoms with van der Waals surface area (Å²) in [7, 11) is -4.55. The SMILES string of the molecule is CCOC(=O)c1nn(-c2ccccc2C)c(=O)cc1OS(=O)(=O)c1cc(Cl)ccc1Cl. The van der Waals surface area contributed by atoms with Crippen molar-refractivity contribution in [3.8, 4) is 11.4 Å². The molecule has 0 bridgehead atoms. The van der Waals surface area contributed by atoms with Gasteiger partial charge in [0.25, 0.3) is 5.56 Å². The van der Waals surface area contributed by atoms with E-state index in [1.807, 2.05) is 0 Å². The van der Waals surface area contributed by atoms with Crippen molar-refractivity contribution in [2.45, 2.75) is 18.7 Å². The summed E-state index contributed by atoms with van der Waals surface area (Å²) in [5.41, 5.74) is -0.0968. The molecule has 0 N–H and O–H groups in total. The maximum absolute atomic E-state index is 12.8. The summed E-state index contributed by atoms with van der Waals surface area (Å²) in [4.78, 5) is 24.7. The van der Waals surface area contributed by atoms with Crippen LogP contribution in [-0.2, 0) is 14.9 Å². The highest BCUT2D eigenvalue weighted by Gasteiger charge is 2.27. The van der Waals surface area contributed by atoms with Gasteiger partial charge in [-0.25, -0.2) is 4.79 Å². The van der Waals surface area contributed by atoms with E-state index in [0.717, 1.165) is 16.8 Å². The number of aryl methyl sites for hydroxylation is 1. The maximum atomic E-state index is 12.8. The third-order valence-corrected chi connectivity index (χ3v) is 6.02. The van der Waals surface area contributed by atoms with Crippen LogP contribution >= 0.6 is 23.2 Å². The second kappa shape index (κ2) is 9.09. The van der Waals surface area contributed by atoms with E-state index < -0.39 is 38.0 Å². The molecule has 0 saturated heterocycles. The van der Waals surface area contributed by atoms with Gasteiger partial charge in [-0.05, 0) is 43.7 Å². The molecule has 0 amide bonds. The third-order valence-electron chi connectivity index (χ3n) is 4.07. The van der Waals surface area contributed by atoms with Gasteiger partial charge < -0.3 is 8.92 Å². The summed E-state index contributed by atoms with van der Waals surface area (Å²) < 4.78 is 36.5. The fourth-order valence-corrected chi connectivity index (χ4v) is 4.32. The average molecular weight is 483 g/mol. The van der Waals surface area contributed by atoms with E-state index in [0.29, 0.717) is 11.3 Å². The van der Waals surface area contributed by atoms with Gasteiger partial charge in [-0.15, -0.1) is 0 Å². The summed E-state index contributed by atoms with van der Waals surface area (Å²) in [5, 5.41) is 3.97. The molecule has 3 rings (SSSR count). The molecular formula is C20H16Cl2N2O6S. The van der Waals surface area contributed by atoms with Gasteiger partial charge in [0.05, 0.1) is 23.4 Å². The largest absolute Gasteiger partial charge is 0.461 e. The van der Waals surface area contributed by atoms with Crippen LogP contribution in [-0.4, -0.2) is 30.8 Å². The van der Waals surface area contributed by atoms with E-state index in [4.69, 9.17) is 32.1 Å². The molecule has 0 aliphatic carbocycles. The van der Waals surface area contributed by atoms with E-state index >= 15 is 0 Å². The van der Waals surface area contributed by atoms with Crippen molar-refractivity contribution < 1.29 is 22.1 Å². The number of carbonyl (C=O) groups is 1. The number of halogens is 2. The van der Waals surface area contributed by atoms with Crippen molar-refractivity contribution in [1.29, 1.82) is 0 Å². The Bertz CT molecular complexity index is 1320. The molecular weight excluding hydrogens is 467 g/mol. The van der Waals surface area contributed by atoms with Crippen molar-refractivity contribution >= 4 is 39.3 Å². The first-order valence-electron chi connectivity index (χ1n) is 8.91. The standard InChI is InChI=1S/C20H16Cl2N2O6S/c1-3-29-20(26)19-16(30-31(27,28)17-10-13(21)8-9-14(17)22)11-18(25)24(23-19)15-7-5-4-6-12(15)2/h4-11H,3H2,1-2H3. The van der Waals surface area contributed by atoms with Crippen LogP contribution in [0.1, 0.15) is 23.0 Å². The van der Waals surface area contributed by atoms with Crippen molar-refractivity contribution in [2.24, 2.45) is 0 Å². The van der Waals surface area contributed by atoms with Crippen LogP contribution in [0.15, 0.2) is 58.2 Å². The van der Waals surface area contributed by atoms with Crippen LogP contribution in [0.25, 0.3) is 5.69 Å². The zero-order valence-electron chi connectivity index (χ0n) is 16.3. The van der Waals surface area contributed by atoms with Crippen LogP contribution < -0.4 is 9.74 Å². The molecule has 0 aliphatic heterocycles. The molecule has 8 nitrogen and oxygen atoms in total. The molecule has 0 aliphatic rings. The van der Waals surface area contributed by atoms with Gasteiger partial charge in [0.15, 0.2) is 5.75 Å². The number of aromatic nitrogens is 2. The molecule has 1 heterocycles. The van der Waals surface area contributed by atoms with E-state index in [2.05, 4.69) is 5.10 Å². The van der Waals surface area contributed by atoms with Crippen LogP contribution in [0, 0.1) is 6.92 Å². The van der Waals surface area contributed by atoms with Crippen LogP contribution in [0.5, 0.6) is 5.75 Å². The molecule has 2 aromatic carbocycles. The second-order valence-electron chi connectivity index (χ2n) is 6.23. The number of carbonyl (C=O) groups excluding carboxylic acids is 1. The first-order valence-corrected chi connectivity index (χ1v) is 11.1. The Morgan fingerprint density at radius 1 is 1.13 bits per heavy atom. The lowest BCUT2D eigenvalue weighted by molar-refractivity contribution is 0.0515. The molecule has 0 spiro atoms. The van der Waals surface area contributed by atoms with Gasteiger partial charge in [-0.3, -0.25) is 4.79 Å². The van der Waals surface area contributed by atoms with Crippen molar-refractivity contribution in [3.05, 3.63) is 80.2 Å². The van der Waals surface area contributed by atoms with Gasteiger partial charge in [-0.2, -0.15) is 18.2 Å². The van der Waals surface area contributed by atoms with E-state index in [-0.39, 0.29) is 16.7 Å². The monoisotopic (exact) mass is 482 g/mol. The number of rotatable bonds is 6. The minimum Gasteiger partial charge on any atom is -0.461 e. The quantitative estimate of drug-likeness (QED) is 0.388. The van der Waals surface area contributed by atoms with Gasteiger partial charge in [0.2, 0.25) is 5.69 Å². The number of hydrogen-bond acceptors (Lipinski definition) is 7. The molecule has 11 heteroatoms. The first kappa shape index (κ1) is 22.8. The predicted molar refractivity (Wildman–Crippen MR) is 115 cm³/mol. The Morgan fingerprint density at radius 2 is 1.84 bits per heavy atom. The molecule has 3 aromatic rings. The smallest absolute Gasteiger partial charge is 0.362 e. The number of benzene rings is 2. The summed E-state index contributed by atoms with van der Waals surface area (Å²) in [6.07, 6.45) is 0. The average Bonchev–Trinajstić information content (AvgIpc) is 2.70. The predicted octanol–water partition coefficient (Wildman–Crippen LogP) is 3.79. The fourth-order valence-electron chi connectivity index (χ4n) is 2.65. The first-order chi connectivity index (χ1) is 14.6. The maximum Gasteiger partial charge on any atom is 0.362 e. The minimum atomic E-state index is -4.55. The topological polar surface area (TPSA) is 105 Å². The molecule has 0 atom stereocenters. The van der Waals surface area contributed by atoms with Gasteiger partial charge in [0, 0.05) is 5.02 Å². The lowest BCUT2D eigenvalue weighted by Gasteiger charge is -2.14. The summed E-state index contributed by atoms with van der Waals surface area (Å²) in [6.45, 7) is 3.32. The lowest BCUT2D eigenvalue weighted by Crippen LogP contribution is -2.26. The second-order valence-corrected chi connectivity index (χ2v) is 8.58. The normalized spacial score (nSPS) is 11.2. The molecule has 1 aromatic heterocycles. The van der Waals surface area contributed by atoms with E-state index in [9.17, 15) is 18.0 Å². The Hall–Kier alpha value is -2.88. The molecule has 162 valence electrons. The Labute approximate surface area is 188 Å². The molecule has 0 fully saturated rings. The van der Waals surface area contributed by atoms with Gasteiger partial charge in [0.1, 0.15) is 4.90 Å². The molecule has 0 radical (unpaired) electrons. The highest BCUT2D eigenvalue weighted by molar-refractivity contribution is 7.87. The number of ether oxygens (including phenoxy) is 1. The van der Waals surface area contributed by atoms with Crippen molar-refractivity contribution in [3.63, 3.8) is 0 Å². The molecule has 31 heavy (non-hydrogen) atoms. The zero-order valence-corrected chi connectivity index (χ0v) is 18.7.